The summed E-state index contributed by atoms with van der Waals surface area (Å²) in [6, 6.07) is 21.5. The molecule has 6 rings (SSSR count). The molecule has 3 aliphatic heterocycles. The van der Waals surface area contributed by atoms with Gasteiger partial charge in [-0.3, -0.25) is 10.1 Å². The largest absolute Gasteiger partial charge is 0.440 e. The molecule has 1 unspecified atom stereocenters. The highest BCUT2D eigenvalue weighted by molar-refractivity contribution is 9.11. The van der Waals surface area contributed by atoms with Crippen LogP contribution in [0, 0.1) is 5.92 Å². The number of anilines is 1. The smallest absolute Gasteiger partial charge is 0.412 e. The van der Waals surface area contributed by atoms with E-state index in [4.69, 9.17) is 4.74 Å². The highest BCUT2D eigenvalue weighted by Gasteiger charge is 2.48. The van der Waals surface area contributed by atoms with Crippen molar-refractivity contribution in [1.82, 2.24) is 0 Å². The minimum absolute atomic E-state index is 0.161. The Morgan fingerprint density at radius 1 is 1.00 bits per heavy atom. The Labute approximate surface area is 212 Å². The van der Waals surface area contributed by atoms with Crippen LogP contribution in [0.3, 0.4) is 0 Å². The molecule has 1 aromatic heterocycles. The minimum atomic E-state index is -0.411. The molecule has 3 fully saturated rings. The van der Waals surface area contributed by atoms with Crippen molar-refractivity contribution in [2.24, 2.45) is 5.92 Å². The molecule has 0 spiro atoms. The zero-order valence-corrected chi connectivity index (χ0v) is 21.3. The number of nitrogens with zero attached hydrogens (tertiary/aromatic N) is 1. The lowest BCUT2D eigenvalue weighted by molar-refractivity contribution is -0.938. The van der Waals surface area contributed by atoms with E-state index in [1.54, 1.807) is 11.3 Å². The third-order valence-electron chi connectivity index (χ3n) is 7.12. The van der Waals surface area contributed by atoms with E-state index in [1.807, 2.05) is 60.7 Å². The van der Waals surface area contributed by atoms with Gasteiger partial charge in [-0.25, -0.2) is 4.79 Å². The minimum Gasteiger partial charge on any atom is -0.440 e. The lowest BCUT2D eigenvalue weighted by Crippen LogP contribution is -2.65. The number of piperidine rings is 3. The van der Waals surface area contributed by atoms with Gasteiger partial charge in [0.1, 0.15) is 13.1 Å². The van der Waals surface area contributed by atoms with Gasteiger partial charge in [0, 0.05) is 41.3 Å². The number of benzene rings is 2. The summed E-state index contributed by atoms with van der Waals surface area (Å²) in [7, 11) is 0. The van der Waals surface area contributed by atoms with E-state index < -0.39 is 6.09 Å². The average molecular weight is 541 g/mol. The van der Waals surface area contributed by atoms with Crippen LogP contribution in [0.1, 0.15) is 33.6 Å². The van der Waals surface area contributed by atoms with Crippen LogP contribution in [0.25, 0.3) is 0 Å². The Balaban J connectivity index is 1.23. The van der Waals surface area contributed by atoms with E-state index in [0.29, 0.717) is 23.5 Å². The first-order valence-corrected chi connectivity index (χ1v) is 13.3. The number of Topliss-reactive ketones (excluding diaryl/α,β-unsaturated/α-hetero) is 1. The lowest BCUT2D eigenvalue weighted by atomic mass is 9.83. The topological polar surface area (TPSA) is 55.4 Å². The Bertz CT molecular complexity index is 1170. The van der Waals surface area contributed by atoms with Crippen molar-refractivity contribution in [2.45, 2.75) is 25.4 Å². The standard InChI is InChI=1S/C27H27BrN2O3S/c28-26-11-10-22(34-26)16-21-8-4-5-9-23(21)29-27(32)33-25-18-30(14-12-20(25)13-15-30)17-24(31)19-6-2-1-3-7-19/h1-11,20,25H,12-18H2/p+1. The number of thiophene rings is 1. The maximum atomic E-state index is 12.9. The summed E-state index contributed by atoms with van der Waals surface area (Å²) in [6.07, 6.45) is 2.16. The molecule has 0 saturated carbocycles. The molecule has 0 radical (unpaired) electrons. The molecule has 1 N–H and O–H groups in total. The Morgan fingerprint density at radius 3 is 2.47 bits per heavy atom. The fraction of sp³-hybridized carbons (Fsp3) is 0.333. The number of nitrogens with one attached hydrogen (secondary N) is 1. The molecule has 0 aliphatic carbocycles. The maximum absolute atomic E-state index is 12.9. The zero-order chi connectivity index (χ0) is 23.5. The van der Waals surface area contributed by atoms with Crippen LogP contribution < -0.4 is 5.32 Å². The van der Waals surface area contributed by atoms with Crippen molar-refractivity contribution in [3.05, 3.63) is 86.5 Å². The number of rotatable bonds is 7. The van der Waals surface area contributed by atoms with E-state index in [-0.39, 0.29) is 11.9 Å². The Kier molecular flexibility index (Phi) is 6.86. The highest BCUT2D eigenvalue weighted by Crippen LogP contribution is 2.36. The summed E-state index contributed by atoms with van der Waals surface area (Å²) in [5.41, 5.74) is 2.59. The molecule has 34 heavy (non-hydrogen) atoms. The molecule has 3 aliphatic rings. The number of quaternary nitrogens is 1. The number of hydrogen-bond donors (Lipinski definition) is 1. The van der Waals surface area contributed by atoms with E-state index >= 15 is 0 Å². The number of ether oxygens (including phenoxy) is 1. The van der Waals surface area contributed by atoms with Crippen molar-refractivity contribution < 1.29 is 18.8 Å². The average Bonchev–Trinajstić information content (AvgIpc) is 3.26. The molecule has 4 heterocycles. The maximum Gasteiger partial charge on any atom is 0.412 e. The zero-order valence-electron chi connectivity index (χ0n) is 18.9. The highest BCUT2D eigenvalue weighted by atomic mass is 79.9. The molecule has 2 bridgehead atoms. The molecule has 1 atom stereocenters. The fourth-order valence-corrected chi connectivity index (χ4v) is 6.81. The number of carbonyl (C=O) groups excluding carboxylic acids is 2. The molecule has 1 amide bonds. The lowest BCUT2D eigenvalue weighted by Gasteiger charge is -2.51. The molecular weight excluding hydrogens is 512 g/mol. The normalized spacial score (nSPS) is 23.4. The summed E-state index contributed by atoms with van der Waals surface area (Å²) >= 11 is 5.21. The Morgan fingerprint density at radius 2 is 1.74 bits per heavy atom. The summed E-state index contributed by atoms with van der Waals surface area (Å²) in [5.74, 6) is 0.537. The molecule has 3 saturated heterocycles. The van der Waals surface area contributed by atoms with Crippen LogP contribution >= 0.6 is 27.3 Å². The van der Waals surface area contributed by atoms with E-state index in [9.17, 15) is 9.59 Å². The van der Waals surface area contributed by atoms with E-state index in [2.05, 4.69) is 27.3 Å². The van der Waals surface area contributed by atoms with Crippen molar-refractivity contribution in [3.63, 3.8) is 0 Å². The summed E-state index contributed by atoms with van der Waals surface area (Å²) in [6.45, 7) is 3.13. The molecular formula is C27H28BrN2O3S+. The van der Waals surface area contributed by atoms with Gasteiger partial charge in [0.25, 0.3) is 0 Å². The number of ketones is 1. The van der Waals surface area contributed by atoms with Crippen LogP contribution in [-0.2, 0) is 11.2 Å². The van der Waals surface area contributed by atoms with Crippen LogP contribution in [0.5, 0.6) is 0 Å². The fourth-order valence-electron chi connectivity index (χ4n) is 5.30. The number of para-hydroxylation sites is 1. The van der Waals surface area contributed by atoms with Crippen molar-refractivity contribution in [3.8, 4) is 0 Å². The second kappa shape index (κ2) is 10.0. The van der Waals surface area contributed by atoms with Gasteiger partial charge in [-0.1, -0.05) is 48.5 Å². The number of carbonyl (C=O) groups is 2. The van der Waals surface area contributed by atoms with Gasteiger partial charge in [0.05, 0.1) is 16.9 Å². The molecule has 2 aromatic carbocycles. The SMILES string of the molecule is O=C(Nc1ccccc1Cc1ccc(Br)s1)OC1C[N+]2(CC(=O)c3ccccc3)CCC1CC2. The van der Waals surface area contributed by atoms with Gasteiger partial charge in [0.15, 0.2) is 6.10 Å². The van der Waals surface area contributed by atoms with E-state index in [1.165, 1.54) is 4.88 Å². The summed E-state index contributed by atoms with van der Waals surface area (Å²) in [4.78, 5) is 27.0. The Hall–Kier alpha value is -2.48. The number of hydrogen-bond acceptors (Lipinski definition) is 4. The quantitative estimate of drug-likeness (QED) is 0.289. The van der Waals surface area contributed by atoms with Crippen LogP contribution in [0.15, 0.2) is 70.5 Å². The number of fused-ring (bicyclic) bond motifs is 3. The summed E-state index contributed by atoms with van der Waals surface area (Å²) < 4.78 is 7.78. The van der Waals surface area contributed by atoms with E-state index in [0.717, 1.165) is 53.0 Å². The van der Waals surface area contributed by atoms with Crippen LogP contribution in [0.4, 0.5) is 10.5 Å². The molecule has 176 valence electrons. The van der Waals surface area contributed by atoms with Gasteiger partial charge in [-0.2, -0.15) is 0 Å². The van der Waals surface area contributed by atoms with Crippen molar-refractivity contribution >= 4 is 44.8 Å². The van der Waals surface area contributed by atoms with Crippen molar-refractivity contribution in [1.29, 1.82) is 0 Å². The third-order valence-corrected chi connectivity index (χ3v) is 8.75. The number of amides is 1. The second-order valence-electron chi connectivity index (χ2n) is 9.36. The number of halogens is 1. The second-order valence-corrected chi connectivity index (χ2v) is 11.9. The van der Waals surface area contributed by atoms with Crippen molar-refractivity contribution in [2.75, 3.05) is 31.5 Å². The molecule has 7 heteroatoms. The van der Waals surface area contributed by atoms with Gasteiger partial charge in [-0.05, 0) is 39.7 Å². The first kappa shape index (κ1) is 23.3. The monoisotopic (exact) mass is 539 g/mol. The molecule has 5 nitrogen and oxygen atoms in total. The predicted molar refractivity (Wildman–Crippen MR) is 138 cm³/mol. The van der Waals surface area contributed by atoms with Crippen LogP contribution in [-0.4, -0.2) is 48.6 Å². The van der Waals surface area contributed by atoms with Gasteiger partial charge in [-0.15, -0.1) is 11.3 Å². The summed E-state index contributed by atoms with van der Waals surface area (Å²) in [5, 5.41) is 2.98. The third kappa shape index (κ3) is 5.27. The first-order chi connectivity index (χ1) is 16.5. The van der Waals surface area contributed by atoms with Gasteiger partial charge >= 0.3 is 6.09 Å². The first-order valence-electron chi connectivity index (χ1n) is 11.7. The van der Waals surface area contributed by atoms with Crippen LogP contribution in [0.2, 0.25) is 0 Å². The van der Waals surface area contributed by atoms with Gasteiger partial charge in [0.2, 0.25) is 5.78 Å². The predicted octanol–water partition coefficient (Wildman–Crippen LogP) is 6.14. The van der Waals surface area contributed by atoms with Gasteiger partial charge < -0.3 is 9.22 Å². The molecule has 3 aromatic rings.